The van der Waals surface area contributed by atoms with E-state index in [4.69, 9.17) is 5.73 Å². The molecule has 102 valence electrons. The number of benzene rings is 1. The number of aromatic nitrogens is 2. The summed E-state index contributed by atoms with van der Waals surface area (Å²) in [5, 5.41) is 4.46. The Kier molecular flexibility index (Phi) is 4.05. The molecule has 1 aromatic carbocycles. The Hall–Kier alpha value is -1.61. The summed E-state index contributed by atoms with van der Waals surface area (Å²) >= 11 is 0. The molecule has 19 heavy (non-hydrogen) atoms. The Morgan fingerprint density at radius 2 is 1.68 bits per heavy atom. The number of nitrogens with two attached hydrogens (primary N) is 1. The van der Waals surface area contributed by atoms with Crippen molar-refractivity contribution in [3.8, 4) is 0 Å². The molecule has 0 saturated carbocycles. The summed E-state index contributed by atoms with van der Waals surface area (Å²) in [5.41, 5.74) is 11.0. The number of hydrogen-bond donors (Lipinski definition) is 1. The number of nitrogens with zero attached hydrogens (tertiary/aromatic N) is 2. The summed E-state index contributed by atoms with van der Waals surface area (Å²) < 4.78 is 1.98. The summed E-state index contributed by atoms with van der Waals surface area (Å²) in [6.45, 7) is 9.19. The van der Waals surface area contributed by atoms with Crippen LogP contribution < -0.4 is 5.73 Å². The maximum Gasteiger partial charge on any atom is 0.0605 e. The van der Waals surface area contributed by atoms with Crippen molar-refractivity contribution in [1.82, 2.24) is 9.78 Å². The first-order valence-corrected chi connectivity index (χ1v) is 6.84. The van der Waals surface area contributed by atoms with Crippen LogP contribution in [0.1, 0.15) is 48.3 Å². The van der Waals surface area contributed by atoms with Crippen LogP contribution in [0.2, 0.25) is 0 Å². The van der Waals surface area contributed by atoms with Crippen LogP contribution in [0, 0.1) is 13.8 Å². The topological polar surface area (TPSA) is 43.8 Å². The van der Waals surface area contributed by atoms with Gasteiger partial charge < -0.3 is 5.73 Å². The van der Waals surface area contributed by atoms with E-state index in [0.29, 0.717) is 5.92 Å². The average Bonchev–Trinajstić information content (AvgIpc) is 2.68. The molecule has 0 spiro atoms. The summed E-state index contributed by atoms with van der Waals surface area (Å²) in [5.74, 6) is 0.557. The van der Waals surface area contributed by atoms with Gasteiger partial charge in [-0.1, -0.05) is 38.1 Å². The second kappa shape index (κ2) is 5.57. The van der Waals surface area contributed by atoms with Crippen molar-refractivity contribution in [3.05, 3.63) is 52.8 Å². The lowest BCUT2D eigenvalue weighted by molar-refractivity contribution is 0.515. The molecule has 0 fully saturated rings. The molecule has 0 aliphatic carbocycles. The van der Waals surface area contributed by atoms with Gasteiger partial charge in [0.1, 0.15) is 0 Å². The zero-order valence-corrected chi connectivity index (χ0v) is 12.2. The predicted octanol–water partition coefficient (Wildman–Crippen LogP) is 3.32. The first kappa shape index (κ1) is 13.8. The highest BCUT2D eigenvalue weighted by molar-refractivity contribution is 5.26. The molecule has 2 aromatic rings. The van der Waals surface area contributed by atoms with Crippen LogP contribution >= 0.6 is 0 Å². The van der Waals surface area contributed by atoms with Gasteiger partial charge in [0.15, 0.2) is 0 Å². The number of aryl methyl sites for hydroxylation is 2. The standard InChI is InChI=1S/C16H23N3/c1-11(2)14-5-7-15(8-6-14)16(17)10-19-13(4)9-12(3)18-19/h5-9,11,16H,10,17H2,1-4H3. The Labute approximate surface area is 115 Å². The van der Waals surface area contributed by atoms with Crippen LogP contribution in [0.5, 0.6) is 0 Å². The fraction of sp³-hybridized carbons (Fsp3) is 0.438. The maximum absolute atomic E-state index is 6.27. The first-order chi connectivity index (χ1) is 8.97. The fourth-order valence-electron chi connectivity index (χ4n) is 2.28. The molecule has 2 rings (SSSR count). The molecule has 0 bridgehead atoms. The molecule has 3 nitrogen and oxygen atoms in total. The molecule has 0 amide bonds. The van der Waals surface area contributed by atoms with E-state index in [1.54, 1.807) is 0 Å². The molecular weight excluding hydrogens is 234 g/mol. The van der Waals surface area contributed by atoms with Crippen molar-refractivity contribution in [2.75, 3.05) is 0 Å². The summed E-state index contributed by atoms with van der Waals surface area (Å²) in [4.78, 5) is 0. The third-order valence-electron chi connectivity index (χ3n) is 3.50. The van der Waals surface area contributed by atoms with Crippen molar-refractivity contribution >= 4 is 0 Å². The lowest BCUT2D eigenvalue weighted by Gasteiger charge is -2.14. The molecule has 3 heteroatoms. The second-order valence-electron chi connectivity index (χ2n) is 5.54. The van der Waals surface area contributed by atoms with Crippen LogP contribution in [0.15, 0.2) is 30.3 Å². The third kappa shape index (κ3) is 3.24. The Morgan fingerprint density at radius 3 is 2.16 bits per heavy atom. The maximum atomic E-state index is 6.27. The molecule has 1 atom stereocenters. The van der Waals surface area contributed by atoms with Gasteiger partial charge in [-0.15, -0.1) is 0 Å². The molecule has 0 aliphatic heterocycles. The van der Waals surface area contributed by atoms with Gasteiger partial charge in [-0.2, -0.15) is 5.10 Å². The number of hydrogen-bond acceptors (Lipinski definition) is 2. The van der Waals surface area contributed by atoms with E-state index in [1.807, 2.05) is 11.6 Å². The van der Waals surface area contributed by atoms with Crippen molar-refractivity contribution < 1.29 is 0 Å². The van der Waals surface area contributed by atoms with Crippen LogP contribution in [-0.4, -0.2) is 9.78 Å². The highest BCUT2D eigenvalue weighted by atomic mass is 15.3. The molecule has 2 N–H and O–H groups in total. The van der Waals surface area contributed by atoms with Crippen molar-refractivity contribution in [2.24, 2.45) is 5.73 Å². The Morgan fingerprint density at radius 1 is 1.11 bits per heavy atom. The van der Waals surface area contributed by atoms with Crippen LogP contribution in [-0.2, 0) is 6.54 Å². The minimum absolute atomic E-state index is 0.0146. The zero-order valence-electron chi connectivity index (χ0n) is 12.2. The van der Waals surface area contributed by atoms with Gasteiger partial charge in [0, 0.05) is 11.7 Å². The van der Waals surface area contributed by atoms with Gasteiger partial charge in [0.2, 0.25) is 0 Å². The fourth-order valence-corrected chi connectivity index (χ4v) is 2.28. The van der Waals surface area contributed by atoms with Gasteiger partial charge in [-0.25, -0.2) is 0 Å². The largest absolute Gasteiger partial charge is 0.322 e. The van der Waals surface area contributed by atoms with Gasteiger partial charge in [0.25, 0.3) is 0 Å². The zero-order chi connectivity index (χ0) is 14.0. The molecular formula is C16H23N3. The van der Waals surface area contributed by atoms with Crippen molar-refractivity contribution in [3.63, 3.8) is 0 Å². The van der Waals surface area contributed by atoms with Crippen LogP contribution in [0.4, 0.5) is 0 Å². The highest BCUT2D eigenvalue weighted by Gasteiger charge is 2.10. The monoisotopic (exact) mass is 257 g/mol. The van der Waals surface area contributed by atoms with E-state index in [0.717, 1.165) is 23.5 Å². The van der Waals surface area contributed by atoms with E-state index in [9.17, 15) is 0 Å². The average molecular weight is 257 g/mol. The van der Waals surface area contributed by atoms with Crippen molar-refractivity contribution in [2.45, 2.75) is 46.2 Å². The van der Waals surface area contributed by atoms with Crippen LogP contribution in [0.3, 0.4) is 0 Å². The molecule has 1 heterocycles. The van der Waals surface area contributed by atoms with E-state index >= 15 is 0 Å². The molecule has 1 aromatic heterocycles. The summed E-state index contributed by atoms with van der Waals surface area (Å²) in [7, 11) is 0. The Balaban J connectivity index is 2.11. The van der Waals surface area contributed by atoms with Gasteiger partial charge in [-0.05, 0) is 37.0 Å². The smallest absolute Gasteiger partial charge is 0.0605 e. The lowest BCUT2D eigenvalue weighted by Crippen LogP contribution is -2.19. The highest BCUT2D eigenvalue weighted by Crippen LogP contribution is 2.19. The van der Waals surface area contributed by atoms with Gasteiger partial charge >= 0.3 is 0 Å². The van der Waals surface area contributed by atoms with Crippen molar-refractivity contribution in [1.29, 1.82) is 0 Å². The number of rotatable bonds is 4. The predicted molar refractivity (Wildman–Crippen MR) is 79.2 cm³/mol. The third-order valence-corrected chi connectivity index (χ3v) is 3.50. The first-order valence-electron chi connectivity index (χ1n) is 6.84. The minimum atomic E-state index is -0.0146. The summed E-state index contributed by atoms with van der Waals surface area (Å²) in [6, 6.07) is 10.7. The van der Waals surface area contributed by atoms with Gasteiger partial charge in [-0.3, -0.25) is 4.68 Å². The SMILES string of the molecule is Cc1cc(C)n(CC(N)c2ccc(C(C)C)cc2)n1. The summed E-state index contributed by atoms with van der Waals surface area (Å²) in [6.07, 6.45) is 0. The lowest BCUT2D eigenvalue weighted by atomic mass is 9.99. The van der Waals surface area contributed by atoms with Crippen LogP contribution in [0.25, 0.3) is 0 Å². The molecule has 0 aliphatic rings. The van der Waals surface area contributed by atoms with Gasteiger partial charge in [0.05, 0.1) is 12.2 Å². The second-order valence-corrected chi connectivity index (χ2v) is 5.54. The van der Waals surface area contributed by atoms with E-state index in [1.165, 1.54) is 5.56 Å². The molecule has 1 unspecified atom stereocenters. The minimum Gasteiger partial charge on any atom is -0.322 e. The normalized spacial score (nSPS) is 12.9. The quantitative estimate of drug-likeness (QED) is 0.913. The molecule has 0 radical (unpaired) electrons. The van der Waals surface area contributed by atoms with E-state index < -0.39 is 0 Å². The Bertz CT molecular complexity index is 538. The molecule has 0 saturated heterocycles. The van der Waals surface area contributed by atoms with E-state index in [-0.39, 0.29) is 6.04 Å². The van der Waals surface area contributed by atoms with E-state index in [2.05, 4.69) is 56.2 Å².